The molecule has 3 heteroatoms. The zero-order valence-corrected chi connectivity index (χ0v) is 8.70. The van der Waals surface area contributed by atoms with Crippen LogP contribution < -0.4 is 11.2 Å². The molecule has 0 amide bonds. The smallest absolute Gasteiger partial charge is 0.0406 e. The third kappa shape index (κ3) is 3.60. The molecule has 0 unspecified atom stereocenters. The van der Waals surface area contributed by atoms with Crippen molar-refractivity contribution >= 4 is 6.08 Å². The highest BCUT2D eigenvalue weighted by Gasteiger charge is 1.94. The first-order chi connectivity index (χ1) is 6.72. The molecule has 0 aliphatic rings. The molecule has 1 rings (SSSR count). The summed E-state index contributed by atoms with van der Waals surface area (Å²) in [6.45, 7) is 0.507. The lowest BCUT2D eigenvalue weighted by Crippen LogP contribution is -2.32. The van der Waals surface area contributed by atoms with Gasteiger partial charge in [0.1, 0.15) is 0 Å². The quantitative estimate of drug-likeness (QED) is 0.699. The Morgan fingerprint density at radius 1 is 1.36 bits per heavy atom. The molecule has 3 N–H and O–H groups in total. The van der Waals surface area contributed by atoms with Gasteiger partial charge >= 0.3 is 0 Å². The van der Waals surface area contributed by atoms with Crippen LogP contribution in [0.4, 0.5) is 0 Å². The minimum absolute atomic E-state index is 0.507. The number of rotatable bonds is 4. The van der Waals surface area contributed by atoms with Crippen molar-refractivity contribution in [1.82, 2.24) is 10.4 Å². The van der Waals surface area contributed by atoms with E-state index in [9.17, 15) is 0 Å². The van der Waals surface area contributed by atoms with Crippen molar-refractivity contribution < 1.29 is 0 Å². The van der Waals surface area contributed by atoms with Crippen molar-refractivity contribution in [2.45, 2.75) is 0 Å². The summed E-state index contributed by atoms with van der Waals surface area (Å²) in [7, 11) is 3.88. The molecule has 0 heterocycles. The van der Waals surface area contributed by atoms with Gasteiger partial charge in [0.2, 0.25) is 0 Å². The fourth-order valence-electron chi connectivity index (χ4n) is 1.17. The molecule has 0 spiro atoms. The standard InChI is InChI=1S/C11H17N3/c1-14(2)13-11(9-12)8-10-6-4-3-5-7-10/h3-8,13H,9,12H2,1-2H3. The second kappa shape index (κ2) is 5.42. The fraction of sp³-hybridized carbons (Fsp3) is 0.273. The molecule has 1 aromatic carbocycles. The van der Waals surface area contributed by atoms with Gasteiger partial charge in [0, 0.05) is 26.3 Å². The van der Waals surface area contributed by atoms with E-state index in [1.54, 1.807) is 0 Å². The SMILES string of the molecule is CN(C)NC(=Cc1ccccc1)CN. The fourth-order valence-corrected chi connectivity index (χ4v) is 1.17. The van der Waals surface area contributed by atoms with Crippen LogP contribution in [0.1, 0.15) is 5.56 Å². The lowest BCUT2D eigenvalue weighted by Gasteiger charge is -2.15. The molecule has 0 aliphatic carbocycles. The normalized spacial score (nSPS) is 11.9. The number of hydrazine groups is 1. The van der Waals surface area contributed by atoms with E-state index in [4.69, 9.17) is 5.73 Å². The van der Waals surface area contributed by atoms with Crippen molar-refractivity contribution in [2.75, 3.05) is 20.6 Å². The van der Waals surface area contributed by atoms with E-state index in [1.165, 1.54) is 0 Å². The van der Waals surface area contributed by atoms with Crippen LogP contribution in [0.25, 0.3) is 6.08 Å². The van der Waals surface area contributed by atoms with Crippen molar-refractivity contribution in [1.29, 1.82) is 0 Å². The van der Waals surface area contributed by atoms with E-state index < -0.39 is 0 Å². The summed E-state index contributed by atoms with van der Waals surface area (Å²) in [5.74, 6) is 0. The Hall–Kier alpha value is -1.32. The van der Waals surface area contributed by atoms with Crippen molar-refractivity contribution in [2.24, 2.45) is 5.73 Å². The second-order valence-corrected chi connectivity index (χ2v) is 3.29. The summed E-state index contributed by atoms with van der Waals surface area (Å²) in [5.41, 5.74) is 10.9. The monoisotopic (exact) mass is 191 g/mol. The van der Waals surface area contributed by atoms with Gasteiger partial charge in [-0.05, 0) is 11.6 Å². The molecular weight excluding hydrogens is 174 g/mol. The molecule has 1 aromatic rings. The van der Waals surface area contributed by atoms with Crippen LogP contribution in [0.3, 0.4) is 0 Å². The predicted molar refractivity (Wildman–Crippen MR) is 60.3 cm³/mol. The highest BCUT2D eigenvalue weighted by molar-refractivity contribution is 5.52. The largest absolute Gasteiger partial charge is 0.325 e. The van der Waals surface area contributed by atoms with E-state index >= 15 is 0 Å². The Balaban J connectivity index is 2.73. The molecule has 0 saturated heterocycles. The van der Waals surface area contributed by atoms with Gasteiger partial charge < -0.3 is 11.2 Å². The van der Waals surface area contributed by atoms with E-state index in [0.717, 1.165) is 11.3 Å². The molecule has 76 valence electrons. The third-order valence-corrected chi connectivity index (χ3v) is 1.73. The number of hydrogen-bond donors (Lipinski definition) is 2. The van der Waals surface area contributed by atoms with Crippen molar-refractivity contribution in [3.05, 3.63) is 41.6 Å². The minimum Gasteiger partial charge on any atom is -0.325 e. The molecule has 3 nitrogen and oxygen atoms in total. The number of nitrogens with two attached hydrogens (primary N) is 1. The zero-order valence-electron chi connectivity index (χ0n) is 8.70. The van der Waals surface area contributed by atoms with E-state index in [-0.39, 0.29) is 0 Å². The van der Waals surface area contributed by atoms with Crippen LogP contribution in [0.15, 0.2) is 36.0 Å². The summed E-state index contributed by atoms with van der Waals surface area (Å²) < 4.78 is 0. The van der Waals surface area contributed by atoms with E-state index in [1.807, 2.05) is 55.5 Å². The molecule has 0 saturated carbocycles. The number of hydrogen-bond acceptors (Lipinski definition) is 3. The molecule has 0 bridgehead atoms. The predicted octanol–water partition coefficient (Wildman–Crippen LogP) is 1.05. The van der Waals surface area contributed by atoms with Crippen molar-refractivity contribution in [3.63, 3.8) is 0 Å². The number of benzene rings is 1. The summed E-state index contributed by atoms with van der Waals surface area (Å²) >= 11 is 0. The zero-order chi connectivity index (χ0) is 10.4. The van der Waals surface area contributed by atoms with E-state index in [0.29, 0.717) is 6.54 Å². The maximum atomic E-state index is 5.61. The average Bonchev–Trinajstić information content (AvgIpc) is 2.17. The lowest BCUT2D eigenvalue weighted by atomic mass is 10.2. The topological polar surface area (TPSA) is 41.3 Å². The lowest BCUT2D eigenvalue weighted by molar-refractivity contribution is 0.327. The highest BCUT2D eigenvalue weighted by atomic mass is 15.5. The molecule has 0 atom stereocenters. The number of nitrogens with one attached hydrogen (secondary N) is 1. The molecule has 0 radical (unpaired) electrons. The molecular formula is C11H17N3. The first-order valence-corrected chi connectivity index (χ1v) is 4.62. The van der Waals surface area contributed by atoms with Crippen LogP contribution >= 0.6 is 0 Å². The summed E-state index contributed by atoms with van der Waals surface area (Å²) in [4.78, 5) is 0. The third-order valence-electron chi connectivity index (χ3n) is 1.73. The van der Waals surface area contributed by atoms with Crippen LogP contribution in [-0.4, -0.2) is 25.6 Å². The van der Waals surface area contributed by atoms with Gasteiger partial charge in [-0.15, -0.1) is 0 Å². The van der Waals surface area contributed by atoms with Gasteiger partial charge in [0.25, 0.3) is 0 Å². The molecule has 0 fully saturated rings. The minimum atomic E-state index is 0.507. The first-order valence-electron chi connectivity index (χ1n) is 4.62. The first kappa shape index (κ1) is 10.8. The molecule has 0 aromatic heterocycles. The maximum absolute atomic E-state index is 5.61. The Morgan fingerprint density at radius 2 is 2.00 bits per heavy atom. The van der Waals surface area contributed by atoms with Gasteiger partial charge in [0.05, 0.1) is 0 Å². The summed E-state index contributed by atoms with van der Waals surface area (Å²) in [6.07, 6.45) is 2.04. The Bertz CT molecular complexity index is 291. The van der Waals surface area contributed by atoms with E-state index in [2.05, 4.69) is 5.43 Å². The Kier molecular flexibility index (Phi) is 4.16. The molecule has 0 aliphatic heterocycles. The van der Waals surface area contributed by atoms with Gasteiger partial charge in [-0.3, -0.25) is 0 Å². The van der Waals surface area contributed by atoms with Gasteiger partial charge in [0.15, 0.2) is 0 Å². The van der Waals surface area contributed by atoms with Gasteiger partial charge in [-0.1, -0.05) is 30.3 Å². The van der Waals surface area contributed by atoms with Crippen LogP contribution in [0.2, 0.25) is 0 Å². The van der Waals surface area contributed by atoms with Gasteiger partial charge in [-0.25, -0.2) is 5.01 Å². The number of nitrogens with zero attached hydrogens (tertiary/aromatic N) is 1. The maximum Gasteiger partial charge on any atom is 0.0406 e. The van der Waals surface area contributed by atoms with Crippen LogP contribution in [-0.2, 0) is 0 Å². The van der Waals surface area contributed by atoms with Crippen LogP contribution in [0, 0.1) is 0 Å². The second-order valence-electron chi connectivity index (χ2n) is 3.29. The summed E-state index contributed by atoms with van der Waals surface area (Å²) in [6, 6.07) is 10.1. The highest BCUT2D eigenvalue weighted by Crippen LogP contribution is 2.03. The van der Waals surface area contributed by atoms with Crippen LogP contribution in [0.5, 0.6) is 0 Å². The van der Waals surface area contributed by atoms with Crippen molar-refractivity contribution in [3.8, 4) is 0 Å². The van der Waals surface area contributed by atoms with Gasteiger partial charge in [-0.2, -0.15) is 0 Å². The Morgan fingerprint density at radius 3 is 2.50 bits per heavy atom. The Labute approximate surface area is 85.2 Å². The summed E-state index contributed by atoms with van der Waals surface area (Å²) in [5, 5.41) is 1.88. The molecule has 14 heavy (non-hydrogen) atoms. The average molecular weight is 191 g/mol.